The van der Waals surface area contributed by atoms with Crippen molar-refractivity contribution in [1.82, 2.24) is 4.90 Å². The molecule has 3 fully saturated rings. The van der Waals surface area contributed by atoms with Gasteiger partial charge in [-0.25, -0.2) is 0 Å². The molecule has 17 atom stereocenters. The molecule has 17 nitrogen and oxygen atoms in total. The maximum atomic E-state index is 13.4. The largest absolute Gasteiger partial charge is 0.462 e. The Morgan fingerprint density at radius 1 is 1.00 bits per heavy atom. The van der Waals surface area contributed by atoms with Gasteiger partial charge in [-0.3, -0.25) is 19.2 Å². The summed E-state index contributed by atoms with van der Waals surface area (Å²) in [5, 5.41) is 23.5. The van der Waals surface area contributed by atoms with Gasteiger partial charge in [-0.15, -0.1) is 0 Å². The molecular weight excluding hydrogens is 774 g/mol. The molecule has 59 heavy (non-hydrogen) atoms. The van der Waals surface area contributed by atoms with Crippen LogP contribution in [0.5, 0.6) is 0 Å². The van der Waals surface area contributed by atoms with Gasteiger partial charge < -0.3 is 62.5 Å². The number of carbonyl (C=O) groups excluding carboxylic acids is 5. The standard InChI is InChI=1S/C42H67NO16/c1-21(2)16-32(47)57-40-25(6)53-34(20-42(40,8)50)58-37-24(5)54-41(36(49)35(37)43(9)10)59-38-27(14-15-44)17-22(3)28(46)12-13-29-30(56-29)18-23(4)52-33(48)19-31(39(38)51-11)55-26(7)45/h12-13,15,21-25,27,29-31,34-41,49-50H,14,16-20H2,1-11H3/t22-,23-,24-,25+,27+,29-,30+,31-,34-,35-,36+,37+,38+,39-,40-,41+,42+/m1/s1. The third kappa shape index (κ3) is 13.3. The fraction of sp³-hybridized carbons (Fsp3) is 0.833. The topological polar surface area (TPSA) is 215 Å². The lowest BCUT2D eigenvalue weighted by Gasteiger charge is -2.50. The summed E-state index contributed by atoms with van der Waals surface area (Å²) in [5.41, 5.74) is -1.51. The summed E-state index contributed by atoms with van der Waals surface area (Å²) in [6.45, 7) is 13.4. The van der Waals surface area contributed by atoms with Crippen molar-refractivity contribution >= 4 is 30.0 Å². The van der Waals surface area contributed by atoms with E-state index in [1.807, 2.05) is 13.8 Å². The zero-order valence-corrected chi connectivity index (χ0v) is 36.3. The molecule has 0 saturated carbocycles. The number of esters is 3. The Kier molecular flexibility index (Phi) is 17.6. The Balaban J connectivity index is 1.64. The third-order valence-corrected chi connectivity index (χ3v) is 11.4. The van der Waals surface area contributed by atoms with Gasteiger partial charge in [-0.2, -0.15) is 0 Å². The first-order chi connectivity index (χ1) is 27.6. The van der Waals surface area contributed by atoms with Crippen molar-refractivity contribution in [1.29, 1.82) is 0 Å². The first-order valence-electron chi connectivity index (χ1n) is 20.7. The summed E-state index contributed by atoms with van der Waals surface area (Å²) >= 11 is 0. The summed E-state index contributed by atoms with van der Waals surface area (Å²) < 4.78 is 54.2. The van der Waals surface area contributed by atoms with E-state index >= 15 is 0 Å². The molecule has 0 unspecified atom stereocenters. The summed E-state index contributed by atoms with van der Waals surface area (Å²) in [4.78, 5) is 65.8. The minimum Gasteiger partial charge on any atom is -0.462 e. The highest BCUT2D eigenvalue weighted by molar-refractivity contribution is 5.91. The minimum atomic E-state index is -1.51. The number of nitrogens with zero attached hydrogens (tertiary/aromatic N) is 1. The molecule has 2 N–H and O–H groups in total. The normalized spacial score (nSPS) is 41.2. The van der Waals surface area contributed by atoms with Crippen LogP contribution in [0.15, 0.2) is 12.2 Å². The number of allylic oxidation sites excluding steroid dienone is 1. The monoisotopic (exact) mass is 841 g/mol. The van der Waals surface area contributed by atoms with Gasteiger partial charge in [0.05, 0.1) is 36.9 Å². The van der Waals surface area contributed by atoms with Crippen LogP contribution >= 0.6 is 0 Å². The Labute approximate surface area is 347 Å². The van der Waals surface area contributed by atoms with E-state index in [1.165, 1.54) is 20.1 Å². The lowest BCUT2D eigenvalue weighted by Crippen LogP contribution is -2.66. The highest BCUT2D eigenvalue weighted by Crippen LogP contribution is 2.38. The van der Waals surface area contributed by atoms with Gasteiger partial charge >= 0.3 is 17.9 Å². The van der Waals surface area contributed by atoms with Gasteiger partial charge in [0.2, 0.25) is 0 Å². The maximum absolute atomic E-state index is 13.4. The van der Waals surface area contributed by atoms with E-state index in [0.29, 0.717) is 12.7 Å². The Bertz CT molecular complexity index is 1470. The zero-order chi connectivity index (χ0) is 43.9. The number of aliphatic hydroxyl groups is 2. The number of cyclic esters (lactones) is 1. The molecule has 0 aromatic heterocycles. The minimum absolute atomic E-state index is 0.0551. The quantitative estimate of drug-likeness (QED) is 0.125. The molecule has 336 valence electrons. The molecule has 4 aliphatic heterocycles. The lowest BCUT2D eigenvalue weighted by atomic mass is 9.83. The Morgan fingerprint density at radius 3 is 2.29 bits per heavy atom. The summed E-state index contributed by atoms with van der Waals surface area (Å²) in [5.74, 6) is -3.35. The van der Waals surface area contributed by atoms with E-state index in [-0.39, 0.29) is 49.6 Å². The van der Waals surface area contributed by atoms with Gasteiger partial charge in [-0.1, -0.05) is 20.8 Å². The van der Waals surface area contributed by atoms with Crippen molar-refractivity contribution in [2.45, 2.75) is 185 Å². The van der Waals surface area contributed by atoms with Gasteiger partial charge in [0, 0.05) is 45.6 Å². The number of carbonyl (C=O) groups is 5. The molecule has 4 rings (SSSR count). The molecule has 0 bridgehead atoms. The van der Waals surface area contributed by atoms with Crippen molar-refractivity contribution in [3.05, 3.63) is 12.2 Å². The van der Waals surface area contributed by atoms with Gasteiger partial charge in [0.15, 0.2) is 24.5 Å². The smallest absolute Gasteiger partial charge is 0.309 e. The molecule has 3 saturated heterocycles. The molecule has 0 aliphatic carbocycles. The second kappa shape index (κ2) is 21.3. The zero-order valence-electron chi connectivity index (χ0n) is 36.3. The van der Waals surface area contributed by atoms with Crippen molar-refractivity contribution in [3.63, 3.8) is 0 Å². The summed E-state index contributed by atoms with van der Waals surface area (Å²) in [7, 11) is 4.82. The number of ether oxygens (including phenoxy) is 9. The SMILES string of the molecule is CO[C@H]1[C@@H](O[C@@H]2O[C@H](C)[C@H](O[C@@H]3C[C@](C)(O)[C@H](OC(=O)CC(C)C)[C@H](C)O3)[C@H](N(C)C)[C@@H]2O)[C@@H](CC=O)C[C@@H](C)C(=O)C=C[C@H]2O[C@H]2C[C@@H](C)OC(=O)C[C@H]1OC(C)=O. The van der Waals surface area contributed by atoms with E-state index in [1.54, 1.807) is 59.7 Å². The molecule has 0 aromatic rings. The number of hydrogen-bond acceptors (Lipinski definition) is 17. The summed E-state index contributed by atoms with van der Waals surface area (Å²) in [6.07, 6.45) is -7.99. The van der Waals surface area contributed by atoms with Crippen molar-refractivity contribution in [2.75, 3.05) is 21.2 Å². The predicted octanol–water partition coefficient (Wildman–Crippen LogP) is 2.43. The van der Waals surface area contributed by atoms with Crippen LogP contribution in [0.25, 0.3) is 0 Å². The number of ketones is 1. The number of aliphatic hydroxyl groups excluding tert-OH is 1. The van der Waals surface area contributed by atoms with Crippen LogP contribution < -0.4 is 0 Å². The highest BCUT2D eigenvalue weighted by atomic mass is 16.7. The van der Waals surface area contributed by atoms with Crippen LogP contribution in [-0.2, 0) is 66.6 Å². The molecule has 4 aliphatic rings. The molecule has 4 heterocycles. The molecule has 0 aromatic carbocycles. The average Bonchev–Trinajstić information content (AvgIpc) is 3.85. The fourth-order valence-electron chi connectivity index (χ4n) is 8.51. The molecule has 17 heteroatoms. The molecule has 0 spiro atoms. The number of hydrogen-bond donors (Lipinski definition) is 2. The van der Waals surface area contributed by atoms with E-state index in [9.17, 15) is 34.2 Å². The van der Waals surface area contributed by atoms with Crippen molar-refractivity contribution in [3.8, 4) is 0 Å². The van der Waals surface area contributed by atoms with E-state index in [0.717, 1.165) is 0 Å². The second-order valence-corrected chi connectivity index (χ2v) is 17.5. The predicted molar refractivity (Wildman–Crippen MR) is 208 cm³/mol. The molecular formula is C42H67NO16. The van der Waals surface area contributed by atoms with Crippen LogP contribution in [0.1, 0.15) is 93.9 Å². The van der Waals surface area contributed by atoms with Gasteiger partial charge in [0.1, 0.15) is 48.5 Å². The van der Waals surface area contributed by atoms with Crippen LogP contribution in [-0.4, -0.2) is 158 Å². The van der Waals surface area contributed by atoms with Gasteiger partial charge in [-0.05, 0) is 72.2 Å². The molecule has 0 amide bonds. The van der Waals surface area contributed by atoms with Crippen molar-refractivity contribution in [2.24, 2.45) is 17.8 Å². The Hall–Kier alpha value is -2.87. The van der Waals surface area contributed by atoms with Crippen molar-refractivity contribution < 1.29 is 76.8 Å². The number of rotatable bonds is 12. The van der Waals surface area contributed by atoms with Gasteiger partial charge in [0.25, 0.3) is 0 Å². The molecule has 0 radical (unpaired) electrons. The Morgan fingerprint density at radius 2 is 1.69 bits per heavy atom. The second-order valence-electron chi connectivity index (χ2n) is 17.5. The van der Waals surface area contributed by atoms with Crippen LogP contribution in [0.3, 0.4) is 0 Å². The summed E-state index contributed by atoms with van der Waals surface area (Å²) in [6, 6.07) is -0.800. The fourth-order valence-corrected chi connectivity index (χ4v) is 8.51. The lowest BCUT2D eigenvalue weighted by molar-refractivity contribution is -0.344. The number of fused-ring (bicyclic) bond motifs is 1. The average molecular weight is 842 g/mol. The van der Waals surface area contributed by atoms with E-state index in [2.05, 4.69) is 0 Å². The number of aldehydes is 1. The first kappa shape index (κ1) is 48.8. The third-order valence-electron chi connectivity index (χ3n) is 11.4. The highest BCUT2D eigenvalue weighted by Gasteiger charge is 2.53. The number of epoxide rings is 1. The van der Waals surface area contributed by atoms with E-state index in [4.69, 9.17) is 42.6 Å². The van der Waals surface area contributed by atoms with Crippen LogP contribution in [0, 0.1) is 17.8 Å². The van der Waals surface area contributed by atoms with E-state index < -0.39 is 115 Å². The maximum Gasteiger partial charge on any atom is 0.309 e. The number of likely N-dealkylation sites (N-methyl/N-ethyl adjacent to an activating group) is 1. The number of methoxy groups -OCH3 is 1. The first-order valence-corrected chi connectivity index (χ1v) is 20.7. The van der Waals surface area contributed by atoms with Crippen LogP contribution in [0.4, 0.5) is 0 Å². The van der Waals surface area contributed by atoms with Crippen LogP contribution in [0.2, 0.25) is 0 Å².